The van der Waals surface area contributed by atoms with E-state index in [0.29, 0.717) is 11.5 Å². The van der Waals surface area contributed by atoms with Crippen LogP contribution in [0.3, 0.4) is 0 Å². The number of rotatable bonds is 4. The molecular formula is C21H29N5O. The van der Waals surface area contributed by atoms with Gasteiger partial charge in [-0.2, -0.15) is 0 Å². The summed E-state index contributed by atoms with van der Waals surface area (Å²) in [6, 6.07) is 7.70. The van der Waals surface area contributed by atoms with Gasteiger partial charge < -0.3 is 16.0 Å². The van der Waals surface area contributed by atoms with Crippen molar-refractivity contribution in [3.05, 3.63) is 59.1 Å². The molecule has 0 aromatic carbocycles. The molecule has 1 aliphatic rings. The van der Waals surface area contributed by atoms with Crippen LogP contribution in [0.4, 0.5) is 11.5 Å². The van der Waals surface area contributed by atoms with E-state index in [1.165, 1.54) is 11.1 Å². The highest BCUT2D eigenvalue weighted by molar-refractivity contribution is 5.92. The van der Waals surface area contributed by atoms with Crippen LogP contribution in [0.15, 0.2) is 42.1 Å². The van der Waals surface area contributed by atoms with Gasteiger partial charge in [0.15, 0.2) is 0 Å². The average Bonchev–Trinajstić information content (AvgIpc) is 2.69. The van der Waals surface area contributed by atoms with Crippen molar-refractivity contribution >= 4 is 17.4 Å². The van der Waals surface area contributed by atoms with Crippen LogP contribution in [-0.4, -0.2) is 36.0 Å². The number of nitrogens with two attached hydrogens (primary N) is 1. The lowest BCUT2D eigenvalue weighted by Crippen LogP contribution is -2.30. The largest absolute Gasteiger partial charge is 0.384 e. The number of nitrogen functional groups attached to an aromatic ring is 1. The van der Waals surface area contributed by atoms with Crippen molar-refractivity contribution in [2.45, 2.75) is 33.6 Å². The van der Waals surface area contributed by atoms with E-state index in [4.69, 9.17) is 5.73 Å². The van der Waals surface area contributed by atoms with Gasteiger partial charge >= 0.3 is 0 Å². The Morgan fingerprint density at radius 2 is 2.07 bits per heavy atom. The molecule has 0 unspecified atom stereocenters. The zero-order valence-electron chi connectivity index (χ0n) is 16.6. The third kappa shape index (κ3) is 5.29. The van der Waals surface area contributed by atoms with Crippen molar-refractivity contribution in [3.63, 3.8) is 0 Å². The Hall–Kier alpha value is -2.89. The first kappa shape index (κ1) is 20.4. The monoisotopic (exact) mass is 367 g/mol. The first-order valence-electron chi connectivity index (χ1n) is 9.40. The van der Waals surface area contributed by atoms with Crippen LogP contribution in [0.5, 0.6) is 0 Å². The summed E-state index contributed by atoms with van der Waals surface area (Å²) in [5.41, 5.74) is 10.8. The molecule has 0 aliphatic carbocycles. The van der Waals surface area contributed by atoms with Gasteiger partial charge in [0.05, 0.1) is 11.4 Å². The van der Waals surface area contributed by atoms with E-state index in [0.717, 1.165) is 37.3 Å². The summed E-state index contributed by atoms with van der Waals surface area (Å²) in [4.78, 5) is 22.4. The van der Waals surface area contributed by atoms with Crippen molar-refractivity contribution in [3.8, 4) is 0 Å². The van der Waals surface area contributed by atoms with Gasteiger partial charge in [-0.1, -0.05) is 25.5 Å². The quantitative estimate of drug-likeness (QED) is 0.811. The molecule has 0 atom stereocenters. The Morgan fingerprint density at radius 1 is 1.30 bits per heavy atom. The van der Waals surface area contributed by atoms with Crippen molar-refractivity contribution in [1.82, 2.24) is 15.3 Å². The number of amides is 1. The second-order valence-electron chi connectivity index (χ2n) is 6.20. The summed E-state index contributed by atoms with van der Waals surface area (Å²) >= 11 is 0. The molecule has 1 amide bonds. The minimum atomic E-state index is -0.160. The highest BCUT2D eigenvalue weighted by Crippen LogP contribution is 2.24. The molecule has 0 radical (unpaired) electrons. The van der Waals surface area contributed by atoms with Crippen LogP contribution in [0, 0.1) is 6.92 Å². The number of pyridine rings is 2. The molecule has 3 heterocycles. The molecule has 0 saturated carbocycles. The summed E-state index contributed by atoms with van der Waals surface area (Å²) in [5.74, 6) is 0.403. The van der Waals surface area contributed by atoms with E-state index in [1.807, 2.05) is 39.0 Å². The van der Waals surface area contributed by atoms with Gasteiger partial charge in [0, 0.05) is 26.3 Å². The Morgan fingerprint density at radius 3 is 2.67 bits per heavy atom. The van der Waals surface area contributed by atoms with Crippen molar-refractivity contribution in [1.29, 1.82) is 0 Å². The number of anilines is 2. The van der Waals surface area contributed by atoms with E-state index in [9.17, 15) is 4.79 Å². The molecule has 6 heteroatoms. The van der Waals surface area contributed by atoms with Gasteiger partial charge in [-0.15, -0.1) is 0 Å². The van der Waals surface area contributed by atoms with Crippen LogP contribution in [0.1, 0.15) is 42.0 Å². The average molecular weight is 367 g/mol. The first-order chi connectivity index (χ1) is 13.1. The Kier molecular flexibility index (Phi) is 7.34. The summed E-state index contributed by atoms with van der Waals surface area (Å²) in [6.07, 6.45) is 5.93. The maximum Gasteiger partial charge on any atom is 0.269 e. The number of aromatic nitrogens is 2. The normalized spacial score (nSPS) is 13.3. The van der Waals surface area contributed by atoms with Crippen LogP contribution in [0.2, 0.25) is 0 Å². The van der Waals surface area contributed by atoms with Gasteiger partial charge in [0.1, 0.15) is 11.5 Å². The molecule has 2 aromatic rings. The van der Waals surface area contributed by atoms with Crippen LogP contribution in [0.25, 0.3) is 0 Å². The molecule has 144 valence electrons. The fourth-order valence-electron chi connectivity index (χ4n) is 3.10. The van der Waals surface area contributed by atoms with E-state index < -0.39 is 0 Å². The van der Waals surface area contributed by atoms with Gasteiger partial charge in [-0.3, -0.25) is 4.79 Å². The zero-order chi connectivity index (χ0) is 19.8. The molecule has 6 nitrogen and oxygen atoms in total. The van der Waals surface area contributed by atoms with Crippen LogP contribution in [-0.2, 0) is 6.42 Å². The lowest BCUT2D eigenvalue weighted by atomic mass is 9.99. The molecule has 0 spiro atoms. The first-order valence-corrected chi connectivity index (χ1v) is 9.40. The number of hydrogen-bond acceptors (Lipinski definition) is 5. The zero-order valence-corrected chi connectivity index (χ0v) is 16.6. The van der Waals surface area contributed by atoms with Gasteiger partial charge in [-0.25, -0.2) is 9.97 Å². The Labute approximate surface area is 161 Å². The van der Waals surface area contributed by atoms with Crippen molar-refractivity contribution in [2.24, 2.45) is 0 Å². The fourth-order valence-corrected chi connectivity index (χ4v) is 3.10. The highest BCUT2D eigenvalue weighted by Gasteiger charge is 2.16. The summed E-state index contributed by atoms with van der Waals surface area (Å²) in [6.45, 7) is 7.73. The number of hydrogen-bond donors (Lipinski definition) is 2. The number of aryl methyl sites for hydroxylation is 1. The number of nitrogens with zero attached hydrogens (tertiary/aromatic N) is 3. The molecule has 0 saturated heterocycles. The molecule has 1 aliphatic heterocycles. The maximum absolute atomic E-state index is 11.7. The lowest BCUT2D eigenvalue weighted by molar-refractivity contribution is 0.0958. The lowest BCUT2D eigenvalue weighted by Gasteiger charge is -2.29. The molecule has 3 rings (SSSR count). The molecule has 2 aromatic heterocycles. The summed E-state index contributed by atoms with van der Waals surface area (Å²) in [5, 5.41) is 2.60. The van der Waals surface area contributed by atoms with Crippen molar-refractivity contribution < 1.29 is 4.79 Å². The van der Waals surface area contributed by atoms with Crippen molar-refractivity contribution in [2.75, 3.05) is 30.8 Å². The minimum absolute atomic E-state index is 0.160. The molecular weight excluding hydrogens is 338 g/mol. The van der Waals surface area contributed by atoms with E-state index >= 15 is 0 Å². The van der Waals surface area contributed by atoms with Gasteiger partial charge in [0.2, 0.25) is 0 Å². The number of carbonyl (C=O) groups is 1. The second kappa shape index (κ2) is 9.71. The maximum atomic E-state index is 11.7. The smallest absolute Gasteiger partial charge is 0.269 e. The van der Waals surface area contributed by atoms with E-state index in [2.05, 4.69) is 26.3 Å². The SMILES string of the molecule is CC.CNC(=O)c1ccc(N2CC=C(Cc3ccnc(N)c3)CC2)c(C)n1. The number of carbonyl (C=O) groups excluding carboxylic acids is 1. The minimum Gasteiger partial charge on any atom is -0.384 e. The third-order valence-corrected chi connectivity index (χ3v) is 4.44. The van der Waals surface area contributed by atoms with E-state index in [-0.39, 0.29) is 5.91 Å². The molecule has 27 heavy (non-hydrogen) atoms. The third-order valence-electron chi connectivity index (χ3n) is 4.44. The standard InChI is InChI=1S/C19H23N5O.C2H6/c1-13-17(4-3-16(23-13)19(25)21-2)24-9-6-14(7-10-24)11-15-5-8-22-18(20)12-15;1-2/h3-6,8,12H,7,9-11H2,1-2H3,(H2,20,22)(H,21,25);1-2H3. The van der Waals surface area contributed by atoms with Crippen LogP contribution >= 0.6 is 0 Å². The fraction of sp³-hybridized carbons (Fsp3) is 0.381. The predicted molar refractivity (Wildman–Crippen MR) is 111 cm³/mol. The molecule has 3 N–H and O–H groups in total. The molecule has 0 bridgehead atoms. The highest BCUT2D eigenvalue weighted by atomic mass is 16.1. The summed E-state index contributed by atoms with van der Waals surface area (Å²) in [7, 11) is 1.61. The second-order valence-corrected chi connectivity index (χ2v) is 6.20. The molecule has 0 fully saturated rings. The van der Waals surface area contributed by atoms with Crippen LogP contribution < -0.4 is 16.0 Å². The summed E-state index contributed by atoms with van der Waals surface area (Å²) < 4.78 is 0. The predicted octanol–water partition coefficient (Wildman–Crippen LogP) is 3.13. The topological polar surface area (TPSA) is 84.1 Å². The van der Waals surface area contributed by atoms with E-state index in [1.54, 1.807) is 19.3 Å². The van der Waals surface area contributed by atoms with Gasteiger partial charge in [0.25, 0.3) is 5.91 Å². The Bertz CT molecular complexity index is 816. The number of nitrogens with one attached hydrogen (secondary N) is 1. The van der Waals surface area contributed by atoms with Gasteiger partial charge in [-0.05, 0) is 49.6 Å². The Balaban J connectivity index is 0.00000126.